The van der Waals surface area contributed by atoms with Gasteiger partial charge >= 0.3 is 6.11 Å². The zero-order valence-corrected chi connectivity index (χ0v) is 24.0. The van der Waals surface area contributed by atoms with Crippen LogP contribution >= 0.6 is 0 Å². The van der Waals surface area contributed by atoms with Crippen LogP contribution in [-0.4, -0.2) is 9.97 Å². The third-order valence-corrected chi connectivity index (χ3v) is 7.13. The van der Waals surface area contributed by atoms with Gasteiger partial charge in [0.25, 0.3) is 0 Å². The molecule has 5 aromatic rings. The van der Waals surface area contributed by atoms with E-state index in [-0.39, 0.29) is 33.6 Å². The van der Waals surface area contributed by atoms with Crippen LogP contribution in [0.5, 0.6) is 5.75 Å². The molecule has 0 saturated carbocycles. The highest BCUT2D eigenvalue weighted by Gasteiger charge is 2.41. The summed E-state index contributed by atoms with van der Waals surface area (Å²) in [4.78, 5) is 8.15. The van der Waals surface area contributed by atoms with Crippen molar-refractivity contribution in [3.8, 4) is 39.4 Å². The zero-order valence-electron chi connectivity index (χ0n) is 24.0. The Labute approximate surface area is 257 Å². The van der Waals surface area contributed by atoms with Crippen LogP contribution in [0.25, 0.3) is 33.6 Å². The van der Waals surface area contributed by atoms with Gasteiger partial charge in [0.1, 0.15) is 34.6 Å². The molecule has 0 aliphatic rings. The lowest BCUT2D eigenvalue weighted by atomic mass is 9.99. The first kappa shape index (κ1) is 32.5. The molecule has 0 radical (unpaired) electrons. The van der Waals surface area contributed by atoms with Crippen molar-refractivity contribution in [1.82, 2.24) is 9.97 Å². The number of unbranched alkanes of at least 4 members (excludes halogenated alkanes) is 2. The Morgan fingerprint density at radius 1 is 0.609 bits per heavy atom. The van der Waals surface area contributed by atoms with Crippen molar-refractivity contribution < 1.29 is 44.3 Å². The molecule has 0 atom stereocenters. The van der Waals surface area contributed by atoms with E-state index in [9.17, 15) is 30.7 Å². The molecule has 1 heterocycles. The minimum absolute atomic E-state index is 0.0769. The summed E-state index contributed by atoms with van der Waals surface area (Å²) in [7, 11) is 0. The quantitative estimate of drug-likeness (QED) is 0.0861. The van der Waals surface area contributed by atoms with E-state index in [4.69, 9.17) is 0 Å². The fourth-order valence-electron chi connectivity index (χ4n) is 4.81. The molecule has 0 amide bonds. The first-order chi connectivity index (χ1) is 21.9. The summed E-state index contributed by atoms with van der Waals surface area (Å²) in [5.41, 5.74) is -2.10. The van der Waals surface area contributed by atoms with E-state index < -0.39 is 58.1 Å². The van der Waals surface area contributed by atoms with E-state index in [1.165, 1.54) is 18.5 Å². The van der Waals surface area contributed by atoms with Crippen LogP contribution in [-0.2, 0) is 12.5 Å². The SMILES string of the molecule is CCCCCc1cnc(-c2cc(F)c(C(F)(F)Oc3ccc(-c4ccc(-c5cc(F)c(F)c(F)c5)c(F)c4)c(F)c3)c(F)c2)nc1. The second kappa shape index (κ2) is 13.2. The van der Waals surface area contributed by atoms with Gasteiger partial charge in [-0.1, -0.05) is 31.9 Å². The zero-order chi connectivity index (χ0) is 33.2. The smallest absolute Gasteiger partial charge is 0.429 e. The maximum Gasteiger partial charge on any atom is 0.432 e. The van der Waals surface area contributed by atoms with Gasteiger partial charge in [-0.05, 0) is 72.0 Å². The maximum absolute atomic E-state index is 15.0. The van der Waals surface area contributed by atoms with E-state index in [0.29, 0.717) is 36.8 Å². The molecular weight excluding hydrogens is 623 g/mol. The lowest BCUT2D eigenvalue weighted by Gasteiger charge is -2.20. The van der Waals surface area contributed by atoms with Crippen molar-refractivity contribution in [2.45, 2.75) is 38.7 Å². The molecule has 0 bridgehead atoms. The van der Waals surface area contributed by atoms with Gasteiger partial charge in [-0.15, -0.1) is 0 Å². The second-order valence-corrected chi connectivity index (χ2v) is 10.4. The number of nitrogens with zero attached hydrogens (tertiary/aromatic N) is 2. The summed E-state index contributed by atoms with van der Waals surface area (Å²) in [6.45, 7) is 2.05. The predicted molar refractivity (Wildman–Crippen MR) is 152 cm³/mol. The number of benzene rings is 4. The van der Waals surface area contributed by atoms with Crippen molar-refractivity contribution in [2.24, 2.45) is 0 Å². The van der Waals surface area contributed by atoms with E-state index in [0.717, 1.165) is 49.1 Å². The Morgan fingerprint density at radius 2 is 1.15 bits per heavy atom. The van der Waals surface area contributed by atoms with Crippen LogP contribution in [0.2, 0.25) is 0 Å². The molecule has 46 heavy (non-hydrogen) atoms. The molecule has 0 aliphatic carbocycles. The van der Waals surface area contributed by atoms with Crippen molar-refractivity contribution in [3.05, 3.63) is 125 Å². The third kappa shape index (κ3) is 6.85. The summed E-state index contributed by atoms with van der Waals surface area (Å²) < 4.78 is 135. The van der Waals surface area contributed by atoms with Crippen LogP contribution in [0.4, 0.5) is 39.5 Å². The van der Waals surface area contributed by atoms with Crippen molar-refractivity contribution in [3.63, 3.8) is 0 Å². The number of halogens is 9. The van der Waals surface area contributed by atoms with Crippen LogP contribution in [0, 0.1) is 40.7 Å². The number of ether oxygens (including phenoxy) is 1. The number of aryl methyl sites for hydroxylation is 1. The largest absolute Gasteiger partial charge is 0.432 e. The van der Waals surface area contributed by atoms with Crippen molar-refractivity contribution in [2.75, 3.05) is 0 Å². The molecule has 0 unspecified atom stereocenters. The van der Waals surface area contributed by atoms with Gasteiger partial charge in [-0.25, -0.2) is 40.7 Å². The Kier molecular flexibility index (Phi) is 9.36. The number of aromatic nitrogens is 2. The average molecular weight is 647 g/mol. The van der Waals surface area contributed by atoms with E-state index in [1.807, 2.05) is 0 Å². The Hall–Kier alpha value is -4.87. The topological polar surface area (TPSA) is 35.0 Å². The normalized spacial score (nSPS) is 11.6. The maximum atomic E-state index is 15.0. The molecule has 238 valence electrons. The summed E-state index contributed by atoms with van der Waals surface area (Å²) >= 11 is 0. The van der Waals surface area contributed by atoms with Gasteiger partial charge in [0, 0.05) is 35.2 Å². The Morgan fingerprint density at radius 3 is 1.74 bits per heavy atom. The first-order valence-corrected chi connectivity index (χ1v) is 14.0. The highest BCUT2D eigenvalue weighted by Crippen LogP contribution is 2.38. The van der Waals surface area contributed by atoms with Crippen LogP contribution in [0.15, 0.2) is 73.1 Å². The highest BCUT2D eigenvalue weighted by atomic mass is 19.3. The molecule has 0 fully saturated rings. The van der Waals surface area contributed by atoms with Crippen LogP contribution in [0.1, 0.15) is 37.3 Å². The molecule has 12 heteroatoms. The lowest BCUT2D eigenvalue weighted by molar-refractivity contribution is -0.189. The molecule has 0 saturated heterocycles. The predicted octanol–water partition coefficient (Wildman–Crippen LogP) is 10.3. The van der Waals surface area contributed by atoms with Gasteiger partial charge in [-0.2, -0.15) is 8.78 Å². The van der Waals surface area contributed by atoms with E-state index >= 15 is 8.78 Å². The summed E-state index contributed by atoms with van der Waals surface area (Å²) in [5, 5.41) is 0. The van der Waals surface area contributed by atoms with Gasteiger partial charge < -0.3 is 4.74 Å². The summed E-state index contributed by atoms with van der Waals surface area (Å²) in [5.74, 6) is -11.2. The number of hydrogen-bond acceptors (Lipinski definition) is 3. The molecule has 0 N–H and O–H groups in total. The van der Waals surface area contributed by atoms with Crippen molar-refractivity contribution >= 4 is 0 Å². The van der Waals surface area contributed by atoms with E-state index in [1.54, 1.807) is 0 Å². The molecule has 5 rings (SSSR count). The molecular formula is C34H23F9N2O. The molecule has 3 nitrogen and oxygen atoms in total. The van der Waals surface area contributed by atoms with Gasteiger partial charge in [-0.3, -0.25) is 0 Å². The number of rotatable bonds is 10. The number of alkyl halides is 2. The van der Waals surface area contributed by atoms with Gasteiger partial charge in [0.2, 0.25) is 0 Å². The molecule has 1 aromatic heterocycles. The van der Waals surface area contributed by atoms with Gasteiger partial charge in [0.15, 0.2) is 23.3 Å². The van der Waals surface area contributed by atoms with Gasteiger partial charge in [0.05, 0.1) is 0 Å². The fourth-order valence-corrected chi connectivity index (χ4v) is 4.81. The fraction of sp³-hybridized carbons (Fsp3) is 0.176. The minimum Gasteiger partial charge on any atom is -0.429 e. The van der Waals surface area contributed by atoms with Crippen molar-refractivity contribution in [1.29, 1.82) is 0 Å². The third-order valence-electron chi connectivity index (χ3n) is 7.13. The summed E-state index contributed by atoms with van der Waals surface area (Å²) in [6, 6.07) is 7.87. The molecule has 4 aromatic carbocycles. The molecule has 0 spiro atoms. The standard InChI is InChI=1S/C34H23F9N2O/c1-2-3-4-5-18-16-44-33(45-17-18)21-13-27(37)31(28(38)14-21)34(42,43)46-22-7-9-23(26(36)15-22)19-6-8-24(25(35)10-19)20-11-29(39)32(41)30(40)12-20/h6-17H,2-5H2,1H3. The molecule has 0 aliphatic heterocycles. The summed E-state index contributed by atoms with van der Waals surface area (Å²) in [6.07, 6.45) is 2.06. The van der Waals surface area contributed by atoms with Crippen LogP contribution < -0.4 is 4.74 Å². The Balaban J connectivity index is 1.35. The van der Waals surface area contributed by atoms with E-state index in [2.05, 4.69) is 21.6 Å². The Bertz CT molecular complexity index is 1850. The monoisotopic (exact) mass is 646 g/mol. The average Bonchev–Trinajstić information content (AvgIpc) is 2.99. The number of hydrogen-bond donors (Lipinski definition) is 0. The highest BCUT2D eigenvalue weighted by molar-refractivity contribution is 5.72. The first-order valence-electron chi connectivity index (χ1n) is 14.0. The van der Waals surface area contributed by atoms with Crippen LogP contribution in [0.3, 0.4) is 0 Å². The second-order valence-electron chi connectivity index (χ2n) is 10.4. The minimum atomic E-state index is -4.59. The lowest BCUT2D eigenvalue weighted by Crippen LogP contribution is -2.25.